The van der Waals surface area contributed by atoms with E-state index in [9.17, 15) is 14.9 Å². The lowest BCUT2D eigenvalue weighted by atomic mass is 10.2. The molecule has 0 spiro atoms. The monoisotopic (exact) mass is 290 g/mol. The van der Waals surface area contributed by atoms with Crippen molar-refractivity contribution in [1.82, 2.24) is 4.98 Å². The third-order valence-corrected chi connectivity index (χ3v) is 3.53. The van der Waals surface area contributed by atoms with Crippen molar-refractivity contribution in [2.45, 2.75) is 31.7 Å². The molecule has 1 fully saturated rings. The van der Waals surface area contributed by atoms with E-state index in [0.29, 0.717) is 5.82 Å². The lowest BCUT2D eigenvalue weighted by molar-refractivity contribution is -0.385. The van der Waals surface area contributed by atoms with Crippen LogP contribution in [-0.4, -0.2) is 33.6 Å². The van der Waals surface area contributed by atoms with Crippen molar-refractivity contribution >= 4 is 17.5 Å². The minimum atomic E-state index is -0.999. The Bertz CT molecular complexity index is 605. The molecule has 0 aliphatic heterocycles. The normalized spacial score (nSPS) is 14.6. The van der Waals surface area contributed by atoms with Gasteiger partial charge in [0.05, 0.1) is 4.92 Å². The van der Waals surface area contributed by atoms with Crippen molar-refractivity contribution in [3.05, 3.63) is 27.9 Å². The Morgan fingerprint density at radius 3 is 2.71 bits per heavy atom. The van der Waals surface area contributed by atoms with Crippen LogP contribution in [-0.2, 0) is 4.79 Å². The Kier molecular flexibility index (Phi) is 4.33. The molecule has 1 aliphatic carbocycles. The van der Waals surface area contributed by atoms with Crippen molar-refractivity contribution in [3.63, 3.8) is 0 Å². The van der Waals surface area contributed by atoms with Gasteiger partial charge in [0.15, 0.2) is 0 Å². The lowest BCUT2D eigenvalue weighted by Gasteiger charge is -2.28. The first kappa shape index (κ1) is 14.7. The van der Waals surface area contributed by atoms with Crippen molar-refractivity contribution in [2.75, 3.05) is 11.4 Å². The molecule has 110 valence electrons. The zero-order valence-corrected chi connectivity index (χ0v) is 11.2. The van der Waals surface area contributed by atoms with Gasteiger partial charge in [-0.25, -0.2) is 4.98 Å². The number of aromatic nitrogens is 1. The highest BCUT2D eigenvalue weighted by Crippen LogP contribution is 2.28. The highest BCUT2D eigenvalue weighted by Gasteiger charge is 2.27. The van der Waals surface area contributed by atoms with E-state index in [-0.39, 0.29) is 24.0 Å². The largest absolute Gasteiger partial charge is 0.480 e. The van der Waals surface area contributed by atoms with Crippen LogP contribution in [0.25, 0.3) is 0 Å². The predicted octanol–water partition coefficient (Wildman–Crippen LogP) is 1.70. The summed E-state index contributed by atoms with van der Waals surface area (Å²) >= 11 is 0. The van der Waals surface area contributed by atoms with E-state index < -0.39 is 10.9 Å². The second-order valence-corrected chi connectivity index (χ2v) is 4.87. The number of carboxylic acids is 1. The summed E-state index contributed by atoms with van der Waals surface area (Å²) in [5.41, 5.74) is -0.672. The third kappa shape index (κ3) is 3.25. The van der Waals surface area contributed by atoms with Gasteiger partial charge in [0.2, 0.25) is 5.69 Å². The summed E-state index contributed by atoms with van der Waals surface area (Å²) in [6.07, 6.45) is 3.74. The van der Waals surface area contributed by atoms with Gasteiger partial charge in [0.25, 0.3) is 0 Å². The Morgan fingerprint density at radius 1 is 1.52 bits per heavy atom. The molecule has 8 nitrogen and oxygen atoms in total. The fourth-order valence-electron chi connectivity index (χ4n) is 2.59. The van der Waals surface area contributed by atoms with Gasteiger partial charge in [-0.1, -0.05) is 12.8 Å². The molecule has 1 aliphatic rings. The van der Waals surface area contributed by atoms with Gasteiger partial charge in [0.1, 0.15) is 18.4 Å². The van der Waals surface area contributed by atoms with Crippen LogP contribution in [0.1, 0.15) is 31.4 Å². The number of nitriles is 1. The molecule has 2 rings (SSSR count). The van der Waals surface area contributed by atoms with Crippen molar-refractivity contribution < 1.29 is 14.8 Å². The zero-order chi connectivity index (χ0) is 15.4. The summed E-state index contributed by atoms with van der Waals surface area (Å²) in [6.45, 7) is -0.236. The summed E-state index contributed by atoms with van der Waals surface area (Å²) in [6, 6.07) is 4.33. The predicted molar refractivity (Wildman–Crippen MR) is 72.8 cm³/mol. The molecule has 0 amide bonds. The number of anilines is 1. The van der Waals surface area contributed by atoms with E-state index in [2.05, 4.69) is 4.98 Å². The first-order valence-electron chi connectivity index (χ1n) is 6.57. The molecule has 0 aromatic carbocycles. The maximum Gasteiger partial charge on any atom is 0.323 e. The smallest absolute Gasteiger partial charge is 0.323 e. The first-order chi connectivity index (χ1) is 10.0. The summed E-state index contributed by atoms with van der Waals surface area (Å²) < 4.78 is 0. The molecule has 1 saturated carbocycles. The van der Waals surface area contributed by atoms with Crippen LogP contribution in [0.3, 0.4) is 0 Å². The second-order valence-electron chi connectivity index (χ2n) is 4.87. The quantitative estimate of drug-likeness (QED) is 0.647. The second kappa shape index (κ2) is 6.17. The van der Waals surface area contributed by atoms with E-state index >= 15 is 0 Å². The Labute approximate surface area is 120 Å². The number of carboxylic acid groups (broad SMARTS) is 1. The van der Waals surface area contributed by atoms with Gasteiger partial charge in [-0.2, -0.15) is 5.26 Å². The van der Waals surface area contributed by atoms with Gasteiger partial charge in [-0.05, 0) is 18.9 Å². The molecule has 0 radical (unpaired) electrons. The maximum absolute atomic E-state index is 11.0. The van der Waals surface area contributed by atoms with Crippen LogP contribution in [0, 0.1) is 21.4 Å². The number of nitrogens with zero attached hydrogens (tertiary/aromatic N) is 4. The van der Waals surface area contributed by atoms with E-state index in [1.165, 1.54) is 12.1 Å². The molecule has 0 atom stereocenters. The summed E-state index contributed by atoms with van der Waals surface area (Å²) in [5.74, 6) is -0.702. The van der Waals surface area contributed by atoms with Crippen LogP contribution >= 0.6 is 0 Å². The van der Waals surface area contributed by atoms with Crippen molar-refractivity contribution in [3.8, 4) is 6.07 Å². The topological polar surface area (TPSA) is 120 Å². The highest BCUT2D eigenvalue weighted by molar-refractivity contribution is 5.73. The van der Waals surface area contributed by atoms with Crippen LogP contribution in [0.15, 0.2) is 12.1 Å². The molecule has 1 aromatic rings. The molecule has 0 unspecified atom stereocenters. The van der Waals surface area contributed by atoms with Gasteiger partial charge in [0, 0.05) is 12.1 Å². The molecule has 0 bridgehead atoms. The number of hydrogen-bond acceptors (Lipinski definition) is 6. The number of aliphatic carboxylic acids is 1. The van der Waals surface area contributed by atoms with Gasteiger partial charge in [-0.15, -0.1) is 0 Å². The van der Waals surface area contributed by atoms with E-state index in [4.69, 9.17) is 10.4 Å². The lowest BCUT2D eigenvalue weighted by Crippen LogP contribution is -2.38. The molecular formula is C13H14N4O4. The summed E-state index contributed by atoms with van der Waals surface area (Å²) in [5, 5.41) is 28.8. The Balaban J connectivity index is 2.37. The molecule has 0 saturated heterocycles. The van der Waals surface area contributed by atoms with E-state index in [0.717, 1.165) is 25.7 Å². The molecule has 8 heteroatoms. The average molecular weight is 290 g/mol. The van der Waals surface area contributed by atoms with Gasteiger partial charge >= 0.3 is 11.7 Å². The maximum atomic E-state index is 11.0. The number of pyridine rings is 1. The molecule has 21 heavy (non-hydrogen) atoms. The van der Waals surface area contributed by atoms with Crippen molar-refractivity contribution in [1.29, 1.82) is 5.26 Å². The van der Waals surface area contributed by atoms with Gasteiger partial charge in [-0.3, -0.25) is 14.9 Å². The van der Waals surface area contributed by atoms with E-state index in [1.54, 1.807) is 11.0 Å². The SMILES string of the molecule is N#Cc1nc(N(CC(=O)O)C2CCCC2)ccc1[N+](=O)[O-]. The first-order valence-corrected chi connectivity index (χ1v) is 6.57. The average Bonchev–Trinajstić information content (AvgIpc) is 2.97. The van der Waals surface area contributed by atoms with Crippen LogP contribution in [0.5, 0.6) is 0 Å². The summed E-state index contributed by atoms with van der Waals surface area (Å²) in [7, 11) is 0. The Hall–Kier alpha value is -2.69. The number of hydrogen-bond donors (Lipinski definition) is 1. The molecule has 1 heterocycles. The standard InChI is InChI=1S/C13H14N4O4/c14-7-10-11(17(20)21)5-6-12(15-10)16(8-13(18)19)9-3-1-2-4-9/h5-6,9H,1-4,8H2,(H,18,19). The highest BCUT2D eigenvalue weighted by atomic mass is 16.6. The minimum absolute atomic E-state index is 0.0431. The minimum Gasteiger partial charge on any atom is -0.480 e. The summed E-state index contributed by atoms with van der Waals surface area (Å²) in [4.78, 5) is 26.7. The number of rotatable bonds is 5. The molecule has 1 N–H and O–H groups in total. The van der Waals surface area contributed by atoms with Crippen molar-refractivity contribution in [2.24, 2.45) is 0 Å². The molecule has 1 aromatic heterocycles. The van der Waals surface area contributed by atoms with E-state index in [1.807, 2.05) is 0 Å². The fraction of sp³-hybridized carbons (Fsp3) is 0.462. The van der Waals surface area contributed by atoms with Crippen LogP contribution in [0.4, 0.5) is 11.5 Å². The number of carbonyl (C=O) groups is 1. The third-order valence-electron chi connectivity index (χ3n) is 3.53. The fourth-order valence-corrected chi connectivity index (χ4v) is 2.59. The Morgan fingerprint density at radius 2 is 2.19 bits per heavy atom. The van der Waals surface area contributed by atoms with Crippen LogP contribution < -0.4 is 4.90 Å². The zero-order valence-electron chi connectivity index (χ0n) is 11.2. The van der Waals surface area contributed by atoms with Crippen LogP contribution in [0.2, 0.25) is 0 Å². The molecular weight excluding hydrogens is 276 g/mol. The van der Waals surface area contributed by atoms with Gasteiger partial charge < -0.3 is 10.0 Å². The number of nitro groups is 1.